The summed E-state index contributed by atoms with van der Waals surface area (Å²) >= 11 is 0. The Labute approximate surface area is 328 Å². The Bertz CT molecular complexity index is 2380. The van der Waals surface area contributed by atoms with E-state index in [1.54, 1.807) is 5.56 Å². The van der Waals surface area contributed by atoms with Gasteiger partial charge in [0.15, 0.2) is 0 Å². The van der Waals surface area contributed by atoms with Crippen molar-refractivity contribution in [1.82, 2.24) is 0 Å². The van der Waals surface area contributed by atoms with Gasteiger partial charge >= 0.3 is 0 Å². The molecule has 0 aliphatic heterocycles. The lowest BCUT2D eigenvalue weighted by molar-refractivity contribution is -0.00518. The molecule has 0 aromatic heterocycles. The van der Waals surface area contributed by atoms with E-state index in [-0.39, 0.29) is 10.8 Å². The molecule has 1 nitrogen and oxygen atoms in total. The van der Waals surface area contributed by atoms with E-state index >= 15 is 0 Å². The summed E-state index contributed by atoms with van der Waals surface area (Å²) in [4.78, 5) is 2.56. The fourth-order valence-corrected chi connectivity index (χ4v) is 13.0. The summed E-state index contributed by atoms with van der Waals surface area (Å²) in [6.45, 7) is 14.2. The van der Waals surface area contributed by atoms with Gasteiger partial charge in [0, 0.05) is 22.2 Å². The van der Waals surface area contributed by atoms with Crippen molar-refractivity contribution in [2.75, 3.05) is 4.90 Å². The smallest absolute Gasteiger partial charge is 0.0520 e. The Morgan fingerprint density at radius 1 is 0.455 bits per heavy atom. The first kappa shape index (κ1) is 33.5. The molecule has 0 radical (unpaired) electrons. The normalized spacial score (nSPS) is 24.3. The van der Waals surface area contributed by atoms with E-state index in [1.807, 2.05) is 0 Å². The van der Waals surface area contributed by atoms with Crippen LogP contribution >= 0.6 is 0 Å². The zero-order valence-corrected chi connectivity index (χ0v) is 33.5. The number of nitrogens with zero attached hydrogens (tertiary/aromatic N) is 1. The molecule has 4 fully saturated rings. The van der Waals surface area contributed by atoms with Gasteiger partial charge in [-0.05, 0) is 184 Å². The van der Waals surface area contributed by atoms with Crippen LogP contribution in [-0.4, -0.2) is 0 Å². The largest absolute Gasteiger partial charge is 0.310 e. The molecule has 0 amide bonds. The molecule has 4 saturated carbocycles. The number of aryl methyl sites for hydroxylation is 2. The van der Waals surface area contributed by atoms with E-state index in [1.165, 1.54) is 122 Å². The van der Waals surface area contributed by atoms with E-state index < -0.39 is 0 Å². The lowest BCUT2D eigenvalue weighted by atomic mass is 9.48. The average molecular weight is 716 g/mol. The number of hydrogen-bond donors (Lipinski definition) is 0. The minimum atomic E-state index is -0.0779. The van der Waals surface area contributed by atoms with Crippen LogP contribution in [0.25, 0.3) is 33.4 Å². The molecule has 55 heavy (non-hydrogen) atoms. The van der Waals surface area contributed by atoms with Crippen molar-refractivity contribution in [1.29, 1.82) is 0 Å². The van der Waals surface area contributed by atoms with Gasteiger partial charge in [-0.3, -0.25) is 0 Å². The number of fused-ring (bicyclic) bond motifs is 6. The molecule has 4 bridgehead atoms. The highest BCUT2D eigenvalue weighted by Crippen LogP contribution is 2.61. The van der Waals surface area contributed by atoms with Gasteiger partial charge < -0.3 is 4.90 Å². The molecule has 0 unspecified atom stereocenters. The molecular weight excluding hydrogens is 663 g/mol. The number of hydrogen-bond acceptors (Lipinski definition) is 1. The van der Waals surface area contributed by atoms with Gasteiger partial charge in [-0.1, -0.05) is 113 Å². The minimum Gasteiger partial charge on any atom is -0.310 e. The molecule has 6 aromatic carbocycles. The van der Waals surface area contributed by atoms with Crippen LogP contribution in [0.4, 0.5) is 17.1 Å². The van der Waals surface area contributed by atoms with Gasteiger partial charge in [-0.15, -0.1) is 0 Å². The standard InChI is InChI=1S/C54H53N/c1-33-23-39(38-15-17-40(18-16-38)54-30-35-25-36(31-54)27-37(26-35)32-54)24-34(2)51(33)55(41-19-21-45-43-11-7-9-13-47(43)52(3,4)49(45)28-41)42-20-22-46-44-12-8-10-14-48(44)53(5,6)50(46)29-42/h7-24,28-29,35-37H,25-27,30-32H2,1-6H3. The van der Waals surface area contributed by atoms with Crippen molar-refractivity contribution in [2.45, 2.75) is 96.3 Å². The number of benzene rings is 6. The molecule has 6 aromatic rings. The van der Waals surface area contributed by atoms with E-state index in [0.29, 0.717) is 5.41 Å². The quantitative estimate of drug-likeness (QED) is 0.172. The van der Waals surface area contributed by atoms with Gasteiger partial charge in [0.2, 0.25) is 0 Å². The third-order valence-corrected chi connectivity index (χ3v) is 15.2. The Morgan fingerprint density at radius 2 is 0.891 bits per heavy atom. The van der Waals surface area contributed by atoms with Gasteiger partial charge in [-0.25, -0.2) is 0 Å². The van der Waals surface area contributed by atoms with Crippen LogP contribution in [0.5, 0.6) is 0 Å². The monoisotopic (exact) mass is 715 g/mol. The van der Waals surface area contributed by atoms with Crippen LogP contribution in [0.15, 0.2) is 121 Å². The fourth-order valence-electron chi connectivity index (χ4n) is 13.0. The van der Waals surface area contributed by atoms with E-state index in [4.69, 9.17) is 0 Å². The summed E-state index contributed by atoms with van der Waals surface area (Å²) in [5.74, 6) is 2.89. The van der Waals surface area contributed by atoms with Gasteiger partial charge in [0.1, 0.15) is 0 Å². The zero-order chi connectivity index (χ0) is 37.4. The van der Waals surface area contributed by atoms with Crippen molar-refractivity contribution in [3.8, 4) is 33.4 Å². The van der Waals surface area contributed by atoms with Crippen LogP contribution in [-0.2, 0) is 16.2 Å². The molecule has 0 saturated heterocycles. The van der Waals surface area contributed by atoms with Crippen LogP contribution in [0.2, 0.25) is 0 Å². The summed E-state index contributed by atoms with van der Waals surface area (Å²) < 4.78 is 0. The highest BCUT2D eigenvalue weighted by atomic mass is 15.1. The number of rotatable bonds is 5. The average Bonchev–Trinajstić information content (AvgIpc) is 3.54. The van der Waals surface area contributed by atoms with Crippen molar-refractivity contribution < 1.29 is 0 Å². The Morgan fingerprint density at radius 3 is 1.36 bits per heavy atom. The second kappa shape index (κ2) is 11.6. The Kier molecular flexibility index (Phi) is 7.04. The van der Waals surface area contributed by atoms with Gasteiger partial charge in [0.05, 0.1) is 5.69 Å². The van der Waals surface area contributed by atoms with Crippen LogP contribution < -0.4 is 4.90 Å². The van der Waals surface area contributed by atoms with Crippen LogP contribution in [0.1, 0.15) is 105 Å². The molecule has 0 heterocycles. The molecule has 1 heteroatoms. The van der Waals surface area contributed by atoms with Crippen LogP contribution in [0, 0.1) is 31.6 Å². The van der Waals surface area contributed by atoms with E-state index in [9.17, 15) is 0 Å². The Hall–Kier alpha value is -4.88. The van der Waals surface area contributed by atoms with Crippen molar-refractivity contribution in [2.24, 2.45) is 17.8 Å². The highest BCUT2D eigenvalue weighted by molar-refractivity contribution is 5.90. The fraction of sp³-hybridized carbons (Fsp3) is 0.333. The molecule has 0 spiro atoms. The molecule has 6 aliphatic rings. The van der Waals surface area contributed by atoms with Crippen molar-refractivity contribution >= 4 is 17.1 Å². The molecular formula is C54H53N. The van der Waals surface area contributed by atoms with Crippen molar-refractivity contribution in [3.05, 3.63) is 160 Å². The lowest BCUT2D eigenvalue weighted by Crippen LogP contribution is -2.48. The van der Waals surface area contributed by atoms with E-state index in [0.717, 1.165) is 17.8 Å². The maximum atomic E-state index is 2.56. The molecule has 12 rings (SSSR count). The first-order chi connectivity index (χ1) is 26.5. The Balaban J connectivity index is 1.02. The molecule has 0 N–H and O–H groups in total. The summed E-state index contributed by atoms with van der Waals surface area (Å²) in [6, 6.07) is 47.2. The van der Waals surface area contributed by atoms with E-state index in [2.05, 4.69) is 168 Å². The maximum Gasteiger partial charge on any atom is 0.0520 e. The summed E-state index contributed by atoms with van der Waals surface area (Å²) in [7, 11) is 0. The highest BCUT2D eigenvalue weighted by Gasteiger charge is 2.51. The maximum absolute atomic E-state index is 2.56. The minimum absolute atomic E-state index is 0.0779. The van der Waals surface area contributed by atoms with Crippen LogP contribution in [0.3, 0.4) is 0 Å². The second-order valence-electron chi connectivity index (χ2n) is 19.4. The summed E-state index contributed by atoms with van der Waals surface area (Å²) in [6.07, 6.45) is 8.73. The SMILES string of the molecule is Cc1cc(-c2ccc(C34CC5CC(CC(C5)C3)C4)cc2)cc(C)c1N(c1ccc2c(c1)C(C)(C)c1ccccc1-2)c1ccc2c(c1)C(C)(C)c1ccccc1-2. The molecule has 6 aliphatic carbocycles. The van der Waals surface area contributed by atoms with Crippen molar-refractivity contribution in [3.63, 3.8) is 0 Å². The third-order valence-electron chi connectivity index (χ3n) is 15.2. The summed E-state index contributed by atoms with van der Waals surface area (Å²) in [5.41, 5.74) is 21.9. The second-order valence-corrected chi connectivity index (χ2v) is 19.4. The first-order valence-corrected chi connectivity index (χ1v) is 21.0. The van der Waals surface area contributed by atoms with Gasteiger partial charge in [0.25, 0.3) is 0 Å². The van der Waals surface area contributed by atoms with Gasteiger partial charge in [-0.2, -0.15) is 0 Å². The number of anilines is 3. The third kappa shape index (κ3) is 4.84. The predicted octanol–water partition coefficient (Wildman–Crippen LogP) is 14.5. The topological polar surface area (TPSA) is 3.24 Å². The predicted molar refractivity (Wildman–Crippen MR) is 231 cm³/mol. The first-order valence-electron chi connectivity index (χ1n) is 21.0. The summed E-state index contributed by atoms with van der Waals surface area (Å²) in [5, 5.41) is 0. The molecule has 0 atom stereocenters. The lowest BCUT2D eigenvalue weighted by Gasteiger charge is -2.57. The zero-order valence-electron chi connectivity index (χ0n) is 33.5. The molecule has 274 valence electrons.